The van der Waals surface area contributed by atoms with Crippen LogP contribution < -0.4 is 5.32 Å². The summed E-state index contributed by atoms with van der Waals surface area (Å²) in [5, 5.41) is 2.79. The molecule has 28 heavy (non-hydrogen) atoms. The fourth-order valence-corrected chi connectivity index (χ4v) is 3.79. The van der Waals surface area contributed by atoms with E-state index in [1.54, 1.807) is 20.3 Å². The van der Waals surface area contributed by atoms with E-state index in [9.17, 15) is 9.18 Å². The fraction of sp³-hybridized carbons (Fsp3) is 0.318. The number of halogens is 1. The van der Waals surface area contributed by atoms with E-state index in [0.717, 1.165) is 16.7 Å². The van der Waals surface area contributed by atoms with E-state index in [2.05, 4.69) is 5.32 Å². The normalized spacial score (nSPS) is 19.4. The van der Waals surface area contributed by atoms with Crippen molar-refractivity contribution in [3.05, 3.63) is 64.5 Å². The molecular weight excluding hydrogens is 361 g/mol. The number of anilines is 1. The molecule has 2 aromatic rings. The van der Waals surface area contributed by atoms with E-state index in [1.807, 2.05) is 32.0 Å². The molecule has 1 N–H and O–H groups in total. The van der Waals surface area contributed by atoms with Gasteiger partial charge in [0, 0.05) is 43.0 Å². The molecule has 0 radical (unpaired) electrons. The lowest BCUT2D eigenvalue weighted by atomic mass is 9.91. The third-order valence-corrected chi connectivity index (χ3v) is 5.22. The van der Waals surface area contributed by atoms with Gasteiger partial charge in [0.05, 0.1) is 5.57 Å². The van der Waals surface area contributed by atoms with E-state index in [4.69, 9.17) is 14.2 Å². The molecule has 6 heteroatoms. The molecule has 0 saturated carbocycles. The maximum atomic E-state index is 13.8. The Morgan fingerprint density at radius 1 is 1.11 bits per heavy atom. The van der Waals surface area contributed by atoms with Gasteiger partial charge in [0.2, 0.25) is 0 Å². The van der Waals surface area contributed by atoms with Crippen LogP contribution in [0.5, 0.6) is 0 Å². The number of ether oxygens (including phenoxy) is 3. The van der Waals surface area contributed by atoms with E-state index >= 15 is 0 Å². The molecule has 2 aliphatic heterocycles. The average Bonchev–Trinajstić information content (AvgIpc) is 3.12. The summed E-state index contributed by atoms with van der Waals surface area (Å²) in [6.45, 7) is 3.90. The Kier molecular flexibility index (Phi) is 4.48. The predicted molar refractivity (Wildman–Crippen MR) is 104 cm³/mol. The monoisotopic (exact) mass is 383 g/mol. The van der Waals surface area contributed by atoms with Crippen molar-refractivity contribution in [3.63, 3.8) is 0 Å². The summed E-state index contributed by atoms with van der Waals surface area (Å²) < 4.78 is 30.6. The summed E-state index contributed by atoms with van der Waals surface area (Å²) in [6.07, 6.45) is 0.258. The molecule has 2 aromatic carbocycles. The SMILES string of the molecule is COC(Cc1ccc2c(c1)C(C)(C)OC2=C1C(=O)Nc2ccc(F)cc21)OC. The van der Waals surface area contributed by atoms with Crippen molar-refractivity contribution in [1.82, 2.24) is 0 Å². The summed E-state index contributed by atoms with van der Waals surface area (Å²) in [7, 11) is 3.21. The van der Waals surface area contributed by atoms with Crippen molar-refractivity contribution >= 4 is 22.9 Å². The van der Waals surface area contributed by atoms with Crippen LogP contribution >= 0.6 is 0 Å². The molecule has 0 bridgehead atoms. The molecule has 146 valence electrons. The van der Waals surface area contributed by atoms with Gasteiger partial charge in [-0.2, -0.15) is 0 Å². The Morgan fingerprint density at radius 3 is 2.57 bits per heavy atom. The molecule has 0 spiro atoms. The second kappa shape index (κ2) is 6.72. The van der Waals surface area contributed by atoms with Gasteiger partial charge < -0.3 is 19.5 Å². The van der Waals surface area contributed by atoms with Crippen LogP contribution in [0.4, 0.5) is 10.1 Å². The number of hydrogen-bond donors (Lipinski definition) is 1. The topological polar surface area (TPSA) is 56.8 Å². The van der Waals surface area contributed by atoms with Crippen molar-refractivity contribution in [2.24, 2.45) is 0 Å². The molecule has 4 rings (SSSR count). The van der Waals surface area contributed by atoms with Crippen LogP contribution in [0, 0.1) is 5.82 Å². The summed E-state index contributed by atoms with van der Waals surface area (Å²) in [5.41, 5.74) is 3.69. The van der Waals surface area contributed by atoms with Gasteiger partial charge in [-0.3, -0.25) is 4.79 Å². The Morgan fingerprint density at radius 2 is 1.86 bits per heavy atom. The highest BCUT2D eigenvalue weighted by Crippen LogP contribution is 2.48. The van der Waals surface area contributed by atoms with Gasteiger partial charge in [-0.15, -0.1) is 0 Å². The molecular formula is C22H22FNO4. The van der Waals surface area contributed by atoms with Crippen LogP contribution in [0.2, 0.25) is 0 Å². The number of rotatable bonds is 4. The summed E-state index contributed by atoms with van der Waals surface area (Å²) in [5.74, 6) is -0.211. The summed E-state index contributed by atoms with van der Waals surface area (Å²) in [4.78, 5) is 12.6. The number of carbonyl (C=O) groups excluding carboxylic acids is 1. The van der Waals surface area contributed by atoms with Gasteiger partial charge in [-0.25, -0.2) is 4.39 Å². The van der Waals surface area contributed by atoms with Crippen LogP contribution in [-0.4, -0.2) is 26.4 Å². The van der Waals surface area contributed by atoms with Gasteiger partial charge >= 0.3 is 0 Å². The van der Waals surface area contributed by atoms with Gasteiger partial charge in [0.1, 0.15) is 17.2 Å². The van der Waals surface area contributed by atoms with Crippen molar-refractivity contribution in [2.45, 2.75) is 32.2 Å². The first-order valence-electron chi connectivity index (χ1n) is 9.08. The molecule has 2 heterocycles. The van der Waals surface area contributed by atoms with Gasteiger partial charge in [0.15, 0.2) is 6.29 Å². The number of methoxy groups -OCH3 is 2. The van der Waals surface area contributed by atoms with Crippen molar-refractivity contribution in [2.75, 3.05) is 19.5 Å². The number of fused-ring (bicyclic) bond motifs is 2. The molecule has 0 aromatic heterocycles. The molecule has 1 amide bonds. The van der Waals surface area contributed by atoms with Crippen molar-refractivity contribution in [3.8, 4) is 0 Å². The summed E-state index contributed by atoms with van der Waals surface area (Å²) >= 11 is 0. The Labute approximate surface area is 163 Å². The fourth-order valence-electron chi connectivity index (χ4n) is 3.79. The zero-order valence-corrected chi connectivity index (χ0v) is 16.3. The van der Waals surface area contributed by atoms with Crippen molar-refractivity contribution < 1.29 is 23.4 Å². The number of benzene rings is 2. The second-order valence-electron chi connectivity index (χ2n) is 7.45. The van der Waals surface area contributed by atoms with Crippen molar-refractivity contribution in [1.29, 1.82) is 0 Å². The molecule has 5 nitrogen and oxygen atoms in total. The standard InChI is InChI=1S/C22H22FNO4/c1-22(2)16-9-12(10-18(26-3)27-4)5-7-14(16)20(28-22)19-15-11-13(23)6-8-17(15)24-21(19)25/h5-9,11,18H,10H2,1-4H3,(H,24,25). The highest BCUT2D eigenvalue weighted by atomic mass is 19.1. The zero-order valence-electron chi connectivity index (χ0n) is 16.3. The average molecular weight is 383 g/mol. The number of amides is 1. The third kappa shape index (κ3) is 2.99. The molecule has 2 aliphatic rings. The molecule has 0 atom stereocenters. The molecule has 0 aliphatic carbocycles. The Hall–Kier alpha value is -2.70. The minimum Gasteiger partial charge on any atom is -0.482 e. The first kappa shape index (κ1) is 18.7. The highest BCUT2D eigenvalue weighted by molar-refractivity contribution is 6.36. The minimum absolute atomic E-state index is 0.290. The van der Waals surface area contributed by atoms with E-state index in [-0.39, 0.29) is 12.2 Å². The molecule has 0 fully saturated rings. The molecule has 0 saturated heterocycles. The second-order valence-corrected chi connectivity index (χ2v) is 7.45. The number of hydrogen-bond acceptors (Lipinski definition) is 4. The lowest BCUT2D eigenvalue weighted by Gasteiger charge is -2.20. The van der Waals surface area contributed by atoms with E-state index in [0.29, 0.717) is 29.0 Å². The van der Waals surface area contributed by atoms with Crippen LogP contribution in [0.15, 0.2) is 36.4 Å². The van der Waals surface area contributed by atoms with E-state index < -0.39 is 11.4 Å². The number of carbonyl (C=O) groups is 1. The van der Waals surface area contributed by atoms with Gasteiger partial charge in [-0.05, 0) is 37.6 Å². The smallest absolute Gasteiger partial charge is 0.260 e. The quantitative estimate of drug-likeness (QED) is 0.639. The number of nitrogens with one attached hydrogen (secondary N) is 1. The Balaban J connectivity index is 1.83. The first-order valence-corrected chi connectivity index (χ1v) is 9.08. The first-order chi connectivity index (χ1) is 13.3. The van der Waals surface area contributed by atoms with Crippen LogP contribution in [0.1, 0.15) is 36.1 Å². The minimum atomic E-state index is -0.625. The molecule has 0 unspecified atom stereocenters. The highest BCUT2D eigenvalue weighted by Gasteiger charge is 2.40. The van der Waals surface area contributed by atoms with Crippen LogP contribution in [0.25, 0.3) is 11.3 Å². The predicted octanol–water partition coefficient (Wildman–Crippen LogP) is 4.07. The van der Waals surface area contributed by atoms with Crippen LogP contribution in [0.3, 0.4) is 0 Å². The van der Waals surface area contributed by atoms with Gasteiger partial charge in [-0.1, -0.05) is 18.2 Å². The lowest BCUT2D eigenvalue weighted by Crippen LogP contribution is -2.18. The van der Waals surface area contributed by atoms with E-state index in [1.165, 1.54) is 12.1 Å². The zero-order chi connectivity index (χ0) is 20.1. The third-order valence-electron chi connectivity index (χ3n) is 5.22. The lowest BCUT2D eigenvalue weighted by molar-refractivity contribution is -0.110. The maximum absolute atomic E-state index is 13.8. The van der Waals surface area contributed by atoms with Crippen LogP contribution in [-0.2, 0) is 31.0 Å². The van der Waals surface area contributed by atoms with Gasteiger partial charge in [0.25, 0.3) is 5.91 Å². The Bertz CT molecular complexity index is 992. The largest absolute Gasteiger partial charge is 0.482 e. The summed E-state index contributed by atoms with van der Waals surface area (Å²) in [6, 6.07) is 10.2. The maximum Gasteiger partial charge on any atom is 0.260 e.